The number of fused-ring (bicyclic) bond motifs is 1. The molecule has 0 bridgehead atoms. The molecule has 2 heterocycles. The van der Waals surface area contributed by atoms with Crippen molar-refractivity contribution in [3.8, 4) is 0 Å². The number of anilines is 2. The summed E-state index contributed by atoms with van der Waals surface area (Å²) in [6.45, 7) is 3.52. The normalized spacial score (nSPS) is 10.6. The van der Waals surface area contributed by atoms with Crippen molar-refractivity contribution < 1.29 is 4.79 Å². The van der Waals surface area contributed by atoms with Crippen LogP contribution >= 0.6 is 0 Å². The van der Waals surface area contributed by atoms with Crippen LogP contribution in [0.4, 0.5) is 16.2 Å². The second-order valence-electron chi connectivity index (χ2n) is 4.79. The third-order valence-electron chi connectivity index (χ3n) is 3.25. The summed E-state index contributed by atoms with van der Waals surface area (Å²) in [5, 5.41) is 7.89. The van der Waals surface area contributed by atoms with E-state index in [9.17, 15) is 9.59 Å². The molecule has 2 aromatic heterocycles. The molecule has 0 aliphatic rings. The lowest BCUT2D eigenvalue weighted by Crippen LogP contribution is -2.28. The molecule has 8 heteroatoms. The number of nitrogens with one attached hydrogen (secondary N) is 3. The summed E-state index contributed by atoms with van der Waals surface area (Å²) in [4.78, 5) is 32.4. The van der Waals surface area contributed by atoms with Gasteiger partial charge in [0.2, 0.25) is 0 Å². The molecular formula is C14H14N6O2. The van der Waals surface area contributed by atoms with Gasteiger partial charge in [0.1, 0.15) is 12.0 Å². The number of hydrogen-bond donors (Lipinski definition) is 3. The number of aromatic amines is 1. The monoisotopic (exact) mass is 298 g/mol. The highest BCUT2D eigenvalue weighted by molar-refractivity contribution is 6.00. The number of rotatable bonds is 2. The van der Waals surface area contributed by atoms with Crippen LogP contribution in [0.15, 0.2) is 35.4 Å². The van der Waals surface area contributed by atoms with E-state index in [4.69, 9.17) is 0 Å². The van der Waals surface area contributed by atoms with Crippen LogP contribution in [0.5, 0.6) is 0 Å². The Kier molecular flexibility index (Phi) is 3.34. The smallest absolute Gasteiger partial charge is 0.307 e. The molecule has 0 saturated heterocycles. The van der Waals surface area contributed by atoms with Crippen molar-refractivity contribution in [3.05, 3.63) is 52.2 Å². The molecular weight excluding hydrogens is 284 g/mol. The maximum Gasteiger partial charge on any atom is 0.323 e. The van der Waals surface area contributed by atoms with Crippen LogP contribution in [0, 0.1) is 13.8 Å². The molecule has 0 unspecified atom stereocenters. The van der Waals surface area contributed by atoms with Gasteiger partial charge in [-0.2, -0.15) is 4.52 Å². The third-order valence-corrected chi connectivity index (χ3v) is 3.25. The van der Waals surface area contributed by atoms with E-state index < -0.39 is 11.6 Å². The van der Waals surface area contributed by atoms with Gasteiger partial charge in [-0.3, -0.25) is 9.89 Å². The Morgan fingerprint density at radius 2 is 2.00 bits per heavy atom. The highest BCUT2D eigenvalue weighted by Gasteiger charge is 2.14. The van der Waals surface area contributed by atoms with Gasteiger partial charge in [-0.25, -0.2) is 14.8 Å². The molecule has 0 aliphatic carbocycles. The first-order valence-electron chi connectivity index (χ1n) is 6.62. The number of aryl methyl sites for hydroxylation is 2. The Bertz CT molecular complexity index is 911. The van der Waals surface area contributed by atoms with E-state index >= 15 is 0 Å². The molecule has 0 saturated carbocycles. The molecule has 22 heavy (non-hydrogen) atoms. The average Bonchev–Trinajstić information content (AvgIpc) is 2.94. The van der Waals surface area contributed by atoms with Crippen LogP contribution in [-0.2, 0) is 0 Å². The zero-order valence-corrected chi connectivity index (χ0v) is 12.0. The minimum atomic E-state index is -0.504. The molecule has 0 radical (unpaired) electrons. The number of benzene rings is 1. The lowest BCUT2D eigenvalue weighted by molar-refractivity contribution is 0.262. The van der Waals surface area contributed by atoms with E-state index in [1.54, 1.807) is 13.0 Å². The molecule has 0 spiro atoms. The lowest BCUT2D eigenvalue weighted by atomic mass is 10.2. The van der Waals surface area contributed by atoms with Gasteiger partial charge in [0.25, 0.3) is 11.3 Å². The first-order chi connectivity index (χ1) is 10.6. The van der Waals surface area contributed by atoms with Crippen LogP contribution in [0.25, 0.3) is 5.78 Å². The number of H-pyrrole nitrogens is 1. The van der Waals surface area contributed by atoms with Gasteiger partial charge in [0.05, 0.1) is 5.69 Å². The highest BCUT2D eigenvalue weighted by atomic mass is 16.2. The number of amides is 2. The van der Waals surface area contributed by atoms with Gasteiger partial charge in [0, 0.05) is 5.69 Å². The van der Waals surface area contributed by atoms with Crippen molar-refractivity contribution in [1.29, 1.82) is 0 Å². The number of nitrogens with zero attached hydrogens (tertiary/aromatic N) is 3. The zero-order chi connectivity index (χ0) is 15.7. The van der Waals surface area contributed by atoms with Crippen LogP contribution in [-0.4, -0.2) is 25.6 Å². The number of para-hydroxylation sites is 1. The largest absolute Gasteiger partial charge is 0.323 e. The van der Waals surface area contributed by atoms with Crippen molar-refractivity contribution >= 4 is 23.2 Å². The Labute approximate surface area is 125 Å². The summed E-state index contributed by atoms with van der Waals surface area (Å²) in [5.74, 6) is 0.257. The van der Waals surface area contributed by atoms with Gasteiger partial charge in [-0.15, -0.1) is 0 Å². The quantitative estimate of drug-likeness (QED) is 0.669. The van der Waals surface area contributed by atoms with Gasteiger partial charge >= 0.3 is 6.03 Å². The van der Waals surface area contributed by atoms with Crippen molar-refractivity contribution in [3.63, 3.8) is 0 Å². The minimum absolute atomic E-state index is 0.104. The topological polar surface area (TPSA) is 104 Å². The second kappa shape index (κ2) is 5.32. The fourth-order valence-corrected chi connectivity index (χ4v) is 2.08. The third kappa shape index (κ3) is 2.41. The Hall–Kier alpha value is -3.16. The molecule has 3 rings (SSSR count). The van der Waals surface area contributed by atoms with Gasteiger partial charge in [0.15, 0.2) is 0 Å². The maximum absolute atomic E-state index is 12.3. The van der Waals surface area contributed by atoms with E-state index in [0.717, 1.165) is 10.1 Å². The fraction of sp³-hybridized carbons (Fsp3) is 0.143. The van der Waals surface area contributed by atoms with Gasteiger partial charge in [-0.1, -0.05) is 18.2 Å². The lowest BCUT2D eigenvalue weighted by Gasteiger charge is -2.10. The number of carbonyl (C=O) groups excluding carboxylic acids is 1. The fourth-order valence-electron chi connectivity index (χ4n) is 2.08. The molecule has 1 aromatic carbocycles. The summed E-state index contributed by atoms with van der Waals surface area (Å²) in [5.41, 5.74) is 1.69. The van der Waals surface area contributed by atoms with E-state index in [1.807, 2.05) is 25.1 Å². The van der Waals surface area contributed by atoms with Crippen molar-refractivity contribution in [1.82, 2.24) is 19.6 Å². The van der Waals surface area contributed by atoms with E-state index in [2.05, 4.69) is 25.7 Å². The molecule has 3 N–H and O–H groups in total. The highest BCUT2D eigenvalue weighted by Crippen LogP contribution is 2.14. The summed E-state index contributed by atoms with van der Waals surface area (Å²) in [7, 11) is 0. The molecule has 0 fully saturated rings. The molecule has 0 atom stereocenters. The van der Waals surface area contributed by atoms with E-state index in [0.29, 0.717) is 11.4 Å². The number of aromatic nitrogens is 4. The molecule has 3 aromatic rings. The predicted molar refractivity (Wildman–Crippen MR) is 82.2 cm³/mol. The van der Waals surface area contributed by atoms with Gasteiger partial charge < -0.3 is 10.6 Å². The summed E-state index contributed by atoms with van der Waals surface area (Å²) < 4.78 is 1.16. The zero-order valence-electron chi connectivity index (χ0n) is 12.0. The number of carbonyl (C=O) groups is 1. The Morgan fingerprint density at radius 3 is 2.77 bits per heavy atom. The minimum Gasteiger partial charge on any atom is -0.307 e. The molecule has 8 nitrogen and oxygen atoms in total. The second-order valence-corrected chi connectivity index (χ2v) is 4.79. The number of urea groups is 1. The number of hydrogen-bond acceptors (Lipinski definition) is 4. The Balaban J connectivity index is 1.88. The molecule has 112 valence electrons. The summed E-state index contributed by atoms with van der Waals surface area (Å²) >= 11 is 0. The van der Waals surface area contributed by atoms with E-state index in [-0.39, 0.29) is 11.5 Å². The van der Waals surface area contributed by atoms with E-state index in [1.165, 1.54) is 6.33 Å². The Morgan fingerprint density at radius 1 is 1.23 bits per heavy atom. The van der Waals surface area contributed by atoms with Crippen LogP contribution in [0.1, 0.15) is 11.3 Å². The molecule has 0 aliphatic heterocycles. The predicted octanol–water partition coefficient (Wildman–Crippen LogP) is 1.68. The first-order valence-corrected chi connectivity index (χ1v) is 6.62. The molecule has 2 amide bonds. The van der Waals surface area contributed by atoms with Crippen LogP contribution in [0.3, 0.4) is 0 Å². The summed E-state index contributed by atoms with van der Waals surface area (Å²) in [6, 6.07) is 6.86. The van der Waals surface area contributed by atoms with Crippen molar-refractivity contribution in [2.24, 2.45) is 0 Å². The SMILES string of the molecule is Cc1ccccc1NC(=O)Nc1c(C)nc2nc[nH]n2c1=O. The first kappa shape index (κ1) is 13.8. The maximum atomic E-state index is 12.3. The van der Waals surface area contributed by atoms with Crippen molar-refractivity contribution in [2.45, 2.75) is 13.8 Å². The summed E-state index contributed by atoms with van der Waals surface area (Å²) in [6.07, 6.45) is 1.36. The van der Waals surface area contributed by atoms with Crippen molar-refractivity contribution in [2.75, 3.05) is 10.6 Å². The van der Waals surface area contributed by atoms with Gasteiger partial charge in [-0.05, 0) is 25.5 Å². The standard InChI is InChI=1S/C14H14N6O2/c1-8-5-3-4-6-10(8)18-14(22)19-11-9(2)17-13-15-7-16-20(13)12(11)21/h3-7H,1-2H3,(H,15,16,17)(H2,18,19,22). The van der Waals surface area contributed by atoms with Crippen LogP contribution in [0.2, 0.25) is 0 Å². The average molecular weight is 298 g/mol. The van der Waals surface area contributed by atoms with Crippen LogP contribution < -0.4 is 16.2 Å².